The molecule has 0 spiro atoms. The monoisotopic (exact) mass is 265 g/mol. The molecule has 0 aliphatic rings. The second-order valence-corrected chi connectivity index (χ2v) is 4.42. The number of aryl methyl sites for hydroxylation is 1. The number of hydrogen-bond donors (Lipinski definition) is 1. The van der Waals surface area contributed by atoms with Crippen LogP contribution in [0.3, 0.4) is 0 Å². The number of imidazole rings is 1. The molecular formula is C14H17F2N3. The van der Waals surface area contributed by atoms with E-state index in [1.165, 1.54) is 18.2 Å². The van der Waals surface area contributed by atoms with Gasteiger partial charge in [-0.3, -0.25) is 0 Å². The highest BCUT2D eigenvalue weighted by Crippen LogP contribution is 2.25. The Morgan fingerprint density at radius 2 is 2.00 bits per heavy atom. The lowest BCUT2D eigenvalue weighted by atomic mass is 10.0. The van der Waals surface area contributed by atoms with Gasteiger partial charge in [0.15, 0.2) is 0 Å². The fourth-order valence-electron chi connectivity index (χ4n) is 2.05. The van der Waals surface area contributed by atoms with Crippen molar-refractivity contribution in [2.75, 3.05) is 6.54 Å². The van der Waals surface area contributed by atoms with Crippen molar-refractivity contribution in [2.24, 2.45) is 7.05 Å². The van der Waals surface area contributed by atoms with Gasteiger partial charge < -0.3 is 9.88 Å². The molecule has 3 nitrogen and oxygen atoms in total. The summed E-state index contributed by atoms with van der Waals surface area (Å²) in [6, 6.07) is 3.31. The molecule has 2 aromatic rings. The van der Waals surface area contributed by atoms with Gasteiger partial charge in [0, 0.05) is 25.0 Å². The van der Waals surface area contributed by atoms with E-state index in [-0.39, 0.29) is 5.56 Å². The highest BCUT2D eigenvalue weighted by Gasteiger charge is 2.24. The van der Waals surface area contributed by atoms with Crippen LogP contribution >= 0.6 is 0 Å². The Bertz CT molecular complexity index is 531. The van der Waals surface area contributed by atoms with E-state index in [0.29, 0.717) is 12.4 Å². The van der Waals surface area contributed by atoms with Crippen molar-refractivity contribution < 1.29 is 8.78 Å². The third kappa shape index (κ3) is 2.81. The summed E-state index contributed by atoms with van der Waals surface area (Å²) in [7, 11) is 1.81. The second kappa shape index (κ2) is 5.93. The smallest absolute Gasteiger partial charge is 0.131 e. The zero-order chi connectivity index (χ0) is 13.8. The Hall–Kier alpha value is -1.75. The minimum absolute atomic E-state index is 0.0188. The summed E-state index contributed by atoms with van der Waals surface area (Å²) in [5.41, 5.74) is 0.0188. The molecule has 1 N–H and O–H groups in total. The summed E-state index contributed by atoms with van der Waals surface area (Å²) in [6.45, 7) is 2.66. The minimum atomic E-state index is -0.582. The molecule has 2 rings (SSSR count). The van der Waals surface area contributed by atoms with Crippen LogP contribution in [-0.2, 0) is 7.05 Å². The van der Waals surface area contributed by atoms with Crippen LogP contribution in [0.1, 0.15) is 30.8 Å². The van der Waals surface area contributed by atoms with E-state index in [1.54, 1.807) is 17.0 Å². The van der Waals surface area contributed by atoms with E-state index < -0.39 is 17.7 Å². The van der Waals surface area contributed by atoms with E-state index in [4.69, 9.17) is 0 Å². The highest BCUT2D eigenvalue weighted by atomic mass is 19.1. The molecule has 0 saturated heterocycles. The third-order valence-corrected chi connectivity index (χ3v) is 3.00. The number of halogens is 2. The Balaban J connectivity index is 2.46. The van der Waals surface area contributed by atoms with Gasteiger partial charge in [0.25, 0.3) is 0 Å². The molecule has 1 heterocycles. The fraction of sp³-hybridized carbons (Fsp3) is 0.357. The number of nitrogens with one attached hydrogen (secondary N) is 1. The van der Waals surface area contributed by atoms with Crippen LogP contribution in [0.2, 0.25) is 0 Å². The summed E-state index contributed by atoms with van der Waals surface area (Å²) in [5, 5.41) is 3.15. The van der Waals surface area contributed by atoms with E-state index >= 15 is 0 Å². The predicted molar refractivity (Wildman–Crippen MR) is 69.7 cm³/mol. The molecule has 0 saturated carbocycles. The predicted octanol–water partition coefficient (Wildman–Crippen LogP) is 2.79. The number of nitrogens with zero attached hydrogens (tertiary/aromatic N) is 2. The van der Waals surface area contributed by atoms with Gasteiger partial charge in [-0.2, -0.15) is 0 Å². The van der Waals surface area contributed by atoms with Crippen molar-refractivity contribution in [3.63, 3.8) is 0 Å². The first-order valence-electron chi connectivity index (χ1n) is 6.29. The van der Waals surface area contributed by atoms with Gasteiger partial charge in [-0.25, -0.2) is 13.8 Å². The van der Waals surface area contributed by atoms with Crippen LogP contribution in [0.5, 0.6) is 0 Å². The van der Waals surface area contributed by atoms with E-state index in [1.807, 2.05) is 14.0 Å². The van der Waals surface area contributed by atoms with Gasteiger partial charge in [0.1, 0.15) is 17.5 Å². The van der Waals surface area contributed by atoms with Crippen LogP contribution in [0.25, 0.3) is 0 Å². The summed E-state index contributed by atoms with van der Waals surface area (Å²) < 4.78 is 29.6. The number of benzene rings is 1. The van der Waals surface area contributed by atoms with Crippen molar-refractivity contribution >= 4 is 0 Å². The van der Waals surface area contributed by atoms with Crippen molar-refractivity contribution in [3.8, 4) is 0 Å². The van der Waals surface area contributed by atoms with Crippen LogP contribution in [0, 0.1) is 11.6 Å². The zero-order valence-electron chi connectivity index (χ0n) is 11.0. The lowest BCUT2D eigenvalue weighted by molar-refractivity contribution is 0.484. The molecular weight excluding hydrogens is 248 g/mol. The first-order chi connectivity index (χ1) is 9.15. The first kappa shape index (κ1) is 13.7. The highest BCUT2D eigenvalue weighted by molar-refractivity contribution is 5.28. The van der Waals surface area contributed by atoms with Crippen LogP contribution < -0.4 is 5.32 Å². The maximum Gasteiger partial charge on any atom is 0.131 e. The molecule has 0 bridgehead atoms. The Kier molecular flexibility index (Phi) is 4.27. The Morgan fingerprint density at radius 1 is 1.32 bits per heavy atom. The molecule has 5 heteroatoms. The average Bonchev–Trinajstić information content (AvgIpc) is 2.79. The van der Waals surface area contributed by atoms with Crippen LogP contribution in [0.15, 0.2) is 30.6 Å². The molecule has 0 radical (unpaired) electrons. The molecule has 0 aliphatic heterocycles. The second-order valence-electron chi connectivity index (χ2n) is 4.42. The van der Waals surface area contributed by atoms with Crippen LogP contribution in [-0.4, -0.2) is 16.1 Å². The van der Waals surface area contributed by atoms with E-state index in [2.05, 4.69) is 10.3 Å². The van der Waals surface area contributed by atoms with Crippen molar-refractivity contribution in [1.29, 1.82) is 0 Å². The topological polar surface area (TPSA) is 29.9 Å². The normalized spacial score (nSPS) is 12.6. The van der Waals surface area contributed by atoms with E-state index in [0.717, 1.165) is 6.42 Å². The largest absolute Gasteiger partial charge is 0.336 e. The summed E-state index contributed by atoms with van der Waals surface area (Å²) >= 11 is 0. The van der Waals surface area contributed by atoms with Crippen LogP contribution in [0.4, 0.5) is 8.78 Å². The summed E-state index contributed by atoms with van der Waals surface area (Å²) in [6.07, 6.45) is 4.25. The number of rotatable bonds is 5. The molecule has 0 aliphatic carbocycles. The molecule has 1 atom stereocenters. The number of hydrogen-bond acceptors (Lipinski definition) is 2. The maximum atomic E-state index is 13.9. The van der Waals surface area contributed by atoms with Crippen molar-refractivity contribution in [3.05, 3.63) is 53.6 Å². The molecule has 19 heavy (non-hydrogen) atoms. The van der Waals surface area contributed by atoms with Crippen molar-refractivity contribution in [2.45, 2.75) is 19.4 Å². The Morgan fingerprint density at radius 3 is 2.53 bits per heavy atom. The van der Waals surface area contributed by atoms with E-state index in [9.17, 15) is 8.78 Å². The molecule has 1 aromatic heterocycles. The zero-order valence-corrected chi connectivity index (χ0v) is 11.0. The molecule has 1 unspecified atom stereocenters. The molecule has 0 fully saturated rings. The van der Waals surface area contributed by atoms with Gasteiger partial charge in [0.2, 0.25) is 0 Å². The maximum absolute atomic E-state index is 13.9. The fourth-order valence-corrected chi connectivity index (χ4v) is 2.05. The van der Waals surface area contributed by atoms with Gasteiger partial charge in [-0.15, -0.1) is 0 Å². The van der Waals surface area contributed by atoms with Gasteiger partial charge in [0.05, 0.1) is 6.04 Å². The quantitative estimate of drug-likeness (QED) is 0.901. The van der Waals surface area contributed by atoms with Gasteiger partial charge in [-0.1, -0.05) is 13.0 Å². The SMILES string of the molecule is CCCNC(c1c(F)cccc1F)c1nccn1C. The van der Waals surface area contributed by atoms with Gasteiger partial charge in [-0.05, 0) is 25.1 Å². The molecule has 0 amide bonds. The molecule has 102 valence electrons. The average molecular weight is 265 g/mol. The standard InChI is InChI=1S/C14H17F2N3/c1-3-7-17-13(14-18-8-9-19(14)2)12-10(15)5-4-6-11(12)16/h4-6,8-9,13,17H,3,7H2,1-2H3. The minimum Gasteiger partial charge on any atom is -0.336 e. The lowest BCUT2D eigenvalue weighted by Gasteiger charge is -2.19. The third-order valence-electron chi connectivity index (χ3n) is 3.00. The van der Waals surface area contributed by atoms with Crippen molar-refractivity contribution in [1.82, 2.24) is 14.9 Å². The molecule has 1 aromatic carbocycles. The van der Waals surface area contributed by atoms with Gasteiger partial charge >= 0.3 is 0 Å². The lowest BCUT2D eigenvalue weighted by Crippen LogP contribution is -2.27. The number of aromatic nitrogens is 2. The Labute approximate surface area is 111 Å². The summed E-state index contributed by atoms with van der Waals surface area (Å²) in [4.78, 5) is 4.19. The first-order valence-corrected chi connectivity index (χ1v) is 6.29. The summed E-state index contributed by atoms with van der Waals surface area (Å²) in [5.74, 6) is -0.523.